The van der Waals surface area contributed by atoms with Crippen LogP contribution in [-0.4, -0.2) is 27.7 Å². The lowest BCUT2D eigenvalue weighted by atomic mass is 9.84. The van der Waals surface area contributed by atoms with Crippen molar-refractivity contribution in [3.05, 3.63) is 29.8 Å². The first kappa shape index (κ1) is 15.6. The molecule has 0 aliphatic heterocycles. The molecule has 21 heavy (non-hydrogen) atoms. The summed E-state index contributed by atoms with van der Waals surface area (Å²) in [5, 5.41) is 7.53. The fraction of sp³-hybridized carbons (Fsp3) is 0.562. The molecule has 1 atom stereocenters. The van der Waals surface area contributed by atoms with E-state index in [4.69, 9.17) is 4.52 Å². The Morgan fingerprint density at radius 3 is 2.71 bits per heavy atom. The summed E-state index contributed by atoms with van der Waals surface area (Å²) in [7, 11) is 0. The molecule has 2 rings (SSSR count). The van der Waals surface area contributed by atoms with Crippen LogP contribution in [0.5, 0.6) is 0 Å². The van der Waals surface area contributed by atoms with E-state index >= 15 is 0 Å². The number of rotatable bonds is 5. The molecule has 0 aromatic carbocycles. The SMILES string of the molecule is CCNC(Cc1nc(-c2cc(C)ccn2)no1)C(C)(C)C. The standard InChI is InChI=1S/C16H24N4O/c1-6-17-13(16(3,4)5)10-14-19-15(20-21-14)12-9-11(2)7-8-18-12/h7-9,13,17H,6,10H2,1-5H3. The van der Waals surface area contributed by atoms with Crippen LogP contribution in [0.1, 0.15) is 39.1 Å². The minimum Gasteiger partial charge on any atom is -0.339 e. The summed E-state index contributed by atoms with van der Waals surface area (Å²) < 4.78 is 5.39. The van der Waals surface area contributed by atoms with Crippen LogP contribution in [0.4, 0.5) is 0 Å². The van der Waals surface area contributed by atoms with E-state index in [0.29, 0.717) is 17.8 Å². The highest BCUT2D eigenvalue weighted by molar-refractivity contribution is 5.48. The van der Waals surface area contributed by atoms with Crippen molar-refractivity contribution in [3.8, 4) is 11.5 Å². The van der Waals surface area contributed by atoms with Crippen molar-refractivity contribution in [2.75, 3.05) is 6.54 Å². The molecule has 114 valence electrons. The molecule has 0 saturated carbocycles. The van der Waals surface area contributed by atoms with E-state index in [0.717, 1.165) is 24.2 Å². The second-order valence-corrected chi connectivity index (χ2v) is 6.41. The van der Waals surface area contributed by atoms with Gasteiger partial charge in [0.1, 0.15) is 5.69 Å². The number of nitrogens with zero attached hydrogens (tertiary/aromatic N) is 3. The smallest absolute Gasteiger partial charge is 0.228 e. The van der Waals surface area contributed by atoms with Crippen LogP contribution < -0.4 is 5.32 Å². The van der Waals surface area contributed by atoms with Gasteiger partial charge in [-0.2, -0.15) is 4.98 Å². The van der Waals surface area contributed by atoms with Crippen molar-refractivity contribution in [1.82, 2.24) is 20.4 Å². The maximum Gasteiger partial charge on any atom is 0.228 e. The average Bonchev–Trinajstić information content (AvgIpc) is 2.86. The van der Waals surface area contributed by atoms with Gasteiger partial charge >= 0.3 is 0 Å². The molecule has 0 spiro atoms. The summed E-state index contributed by atoms with van der Waals surface area (Å²) in [5.41, 5.74) is 2.01. The fourth-order valence-electron chi connectivity index (χ4n) is 2.21. The zero-order chi connectivity index (χ0) is 15.5. The number of hydrogen-bond acceptors (Lipinski definition) is 5. The van der Waals surface area contributed by atoms with Crippen molar-refractivity contribution in [1.29, 1.82) is 0 Å². The maximum absolute atomic E-state index is 5.39. The molecule has 0 bridgehead atoms. The monoisotopic (exact) mass is 288 g/mol. The highest BCUT2D eigenvalue weighted by Crippen LogP contribution is 2.23. The summed E-state index contributed by atoms with van der Waals surface area (Å²) >= 11 is 0. The van der Waals surface area contributed by atoms with Crippen LogP contribution >= 0.6 is 0 Å². The number of aryl methyl sites for hydroxylation is 1. The van der Waals surface area contributed by atoms with Gasteiger partial charge in [0.05, 0.1) is 0 Å². The van der Waals surface area contributed by atoms with Crippen LogP contribution in [0.15, 0.2) is 22.9 Å². The Bertz CT molecular complexity index is 586. The molecule has 0 radical (unpaired) electrons. The van der Waals surface area contributed by atoms with Crippen LogP contribution in [-0.2, 0) is 6.42 Å². The lowest BCUT2D eigenvalue weighted by molar-refractivity contribution is 0.247. The zero-order valence-electron chi connectivity index (χ0n) is 13.5. The lowest BCUT2D eigenvalue weighted by Gasteiger charge is -2.30. The number of nitrogens with one attached hydrogen (secondary N) is 1. The predicted octanol–water partition coefficient (Wildman–Crippen LogP) is 3.01. The average molecular weight is 288 g/mol. The molecule has 0 fully saturated rings. The largest absolute Gasteiger partial charge is 0.339 e. The zero-order valence-corrected chi connectivity index (χ0v) is 13.5. The number of aromatic nitrogens is 3. The van der Waals surface area contributed by atoms with E-state index in [-0.39, 0.29) is 5.41 Å². The van der Waals surface area contributed by atoms with Gasteiger partial charge in [-0.1, -0.05) is 32.9 Å². The van der Waals surface area contributed by atoms with E-state index < -0.39 is 0 Å². The van der Waals surface area contributed by atoms with E-state index in [1.807, 2.05) is 19.1 Å². The van der Waals surface area contributed by atoms with Crippen molar-refractivity contribution < 1.29 is 4.52 Å². The van der Waals surface area contributed by atoms with Crippen molar-refractivity contribution in [2.45, 2.75) is 47.1 Å². The van der Waals surface area contributed by atoms with Gasteiger partial charge in [-0.25, -0.2) is 0 Å². The van der Waals surface area contributed by atoms with Crippen LogP contribution in [0.3, 0.4) is 0 Å². The van der Waals surface area contributed by atoms with E-state index in [9.17, 15) is 0 Å². The molecule has 5 nitrogen and oxygen atoms in total. The summed E-state index contributed by atoms with van der Waals surface area (Å²) in [6, 6.07) is 4.20. The van der Waals surface area contributed by atoms with Gasteiger partial charge in [-0.3, -0.25) is 4.98 Å². The number of pyridine rings is 1. The Morgan fingerprint density at radius 2 is 2.10 bits per heavy atom. The van der Waals surface area contributed by atoms with E-state index in [1.165, 1.54) is 0 Å². The Morgan fingerprint density at radius 1 is 1.33 bits per heavy atom. The third-order valence-corrected chi connectivity index (χ3v) is 3.49. The molecule has 2 aromatic heterocycles. The Labute approximate surface area is 126 Å². The van der Waals surface area contributed by atoms with Gasteiger partial charge in [-0.05, 0) is 36.6 Å². The molecular weight excluding hydrogens is 264 g/mol. The second-order valence-electron chi connectivity index (χ2n) is 6.41. The van der Waals surface area contributed by atoms with Gasteiger partial charge in [0.15, 0.2) is 0 Å². The molecule has 2 aromatic rings. The third kappa shape index (κ3) is 4.11. The van der Waals surface area contributed by atoms with Crippen molar-refractivity contribution >= 4 is 0 Å². The molecule has 5 heteroatoms. The summed E-state index contributed by atoms with van der Waals surface area (Å²) in [4.78, 5) is 8.76. The van der Waals surface area contributed by atoms with Crippen molar-refractivity contribution in [3.63, 3.8) is 0 Å². The van der Waals surface area contributed by atoms with Crippen LogP contribution in [0.25, 0.3) is 11.5 Å². The Balaban J connectivity index is 2.16. The van der Waals surface area contributed by atoms with Gasteiger partial charge in [-0.15, -0.1) is 0 Å². The van der Waals surface area contributed by atoms with E-state index in [1.54, 1.807) is 6.20 Å². The predicted molar refractivity (Wildman–Crippen MR) is 82.9 cm³/mol. The van der Waals surface area contributed by atoms with Gasteiger partial charge in [0.2, 0.25) is 11.7 Å². The highest BCUT2D eigenvalue weighted by atomic mass is 16.5. The van der Waals surface area contributed by atoms with Gasteiger partial charge in [0, 0.05) is 18.7 Å². The highest BCUT2D eigenvalue weighted by Gasteiger charge is 2.26. The molecular formula is C16H24N4O. The van der Waals surface area contributed by atoms with E-state index in [2.05, 4.69) is 48.1 Å². The second kappa shape index (κ2) is 6.35. The Hall–Kier alpha value is -1.75. The van der Waals surface area contributed by atoms with Gasteiger partial charge < -0.3 is 9.84 Å². The molecule has 0 amide bonds. The first-order chi connectivity index (χ1) is 9.90. The topological polar surface area (TPSA) is 63.8 Å². The lowest BCUT2D eigenvalue weighted by Crippen LogP contribution is -2.41. The quantitative estimate of drug-likeness (QED) is 0.916. The third-order valence-electron chi connectivity index (χ3n) is 3.49. The molecule has 0 aliphatic carbocycles. The number of hydrogen-bond donors (Lipinski definition) is 1. The molecule has 1 unspecified atom stereocenters. The summed E-state index contributed by atoms with van der Waals surface area (Å²) in [6.45, 7) is 11.7. The first-order valence-electron chi connectivity index (χ1n) is 7.39. The number of likely N-dealkylation sites (N-methyl/N-ethyl adjacent to an activating group) is 1. The first-order valence-corrected chi connectivity index (χ1v) is 7.39. The Kier molecular flexibility index (Phi) is 4.73. The van der Waals surface area contributed by atoms with Gasteiger partial charge in [0.25, 0.3) is 0 Å². The summed E-state index contributed by atoms with van der Waals surface area (Å²) in [5.74, 6) is 1.20. The minimum absolute atomic E-state index is 0.131. The maximum atomic E-state index is 5.39. The van der Waals surface area contributed by atoms with Crippen molar-refractivity contribution in [2.24, 2.45) is 5.41 Å². The molecule has 2 heterocycles. The summed E-state index contributed by atoms with van der Waals surface area (Å²) in [6.07, 6.45) is 2.48. The van der Waals surface area contributed by atoms with Crippen LogP contribution in [0.2, 0.25) is 0 Å². The minimum atomic E-state index is 0.131. The fourth-order valence-corrected chi connectivity index (χ4v) is 2.21. The normalized spacial score (nSPS) is 13.4. The molecule has 1 N–H and O–H groups in total. The van der Waals surface area contributed by atoms with Crippen LogP contribution in [0, 0.1) is 12.3 Å². The molecule has 0 saturated heterocycles. The molecule has 0 aliphatic rings.